The highest BCUT2D eigenvalue weighted by Crippen LogP contribution is 2.23. The third-order valence-corrected chi connectivity index (χ3v) is 3.85. The molecule has 3 nitrogen and oxygen atoms in total. The van der Waals surface area contributed by atoms with Gasteiger partial charge in [0.1, 0.15) is 0 Å². The first-order valence-electron chi connectivity index (χ1n) is 7.01. The van der Waals surface area contributed by atoms with Crippen molar-refractivity contribution in [1.29, 1.82) is 0 Å². The van der Waals surface area contributed by atoms with Crippen molar-refractivity contribution in [1.82, 2.24) is 4.90 Å². The molecule has 1 aliphatic heterocycles. The molecule has 2 rings (SSSR count). The second kappa shape index (κ2) is 8.45. The Morgan fingerprint density at radius 3 is 2.85 bits per heavy atom. The number of nitrogens with two attached hydrogens (primary N) is 1. The average molecular weight is 303 g/mol. The van der Waals surface area contributed by atoms with E-state index in [1.165, 1.54) is 26.4 Å². The van der Waals surface area contributed by atoms with Crippen LogP contribution in [0.1, 0.15) is 31.2 Å². The number of benzene rings is 1. The van der Waals surface area contributed by atoms with E-state index in [1.54, 1.807) is 12.1 Å². The minimum Gasteiger partial charge on any atom is -0.494 e. The molecule has 0 aromatic heterocycles. The van der Waals surface area contributed by atoms with Gasteiger partial charge in [-0.2, -0.15) is 0 Å². The van der Waals surface area contributed by atoms with Crippen LogP contribution < -0.4 is 10.5 Å². The number of ether oxygens (including phenoxy) is 1. The summed E-state index contributed by atoms with van der Waals surface area (Å²) in [6.45, 7) is 2.60. The second-order valence-electron chi connectivity index (χ2n) is 5.17. The SMILES string of the molecule is COc1ccc(CN2CCCCC2CCN)cc1F.Cl. The van der Waals surface area contributed by atoms with E-state index in [0.717, 1.165) is 31.6 Å². The monoisotopic (exact) mass is 302 g/mol. The fourth-order valence-electron chi connectivity index (χ4n) is 2.83. The Hall–Kier alpha value is -0.840. The van der Waals surface area contributed by atoms with Gasteiger partial charge in [-0.05, 0) is 50.0 Å². The molecule has 0 bridgehead atoms. The number of methoxy groups -OCH3 is 1. The third-order valence-electron chi connectivity index (χ3n) is 3.85. The Morgan fingerprint density at radius 2 is 2.20 bits per heavy atom. The van der Waals surface area contributed by atoms with Gasteiger partial charge in [0, 0.05) is 12.6 Å². The summed E-state index contributed by atoms with van der Waals surface area (Å²) in [4.78, 5) is 2.43. The molecular formula is C15H24ClFN2O. The van der Waals surface area contributed by atoms with E-state index in [0.29, 0.717) is 11.8 Å². The number of hydrogen-bond acceptors (Lipinski definition) is 3. The van der Waals surface area contributed by atoms with E-state index in [1.807, 2.05) is 6.07 Å². The molecular weight excluding hydrogens is 279 g/mol. The Bertz CT molecular complexity index is 415. The maximum absolute atomic E-state index is 13.7. The van der Waals surface area contributed by atoms with E-state index in [9.17, 15) is 4.39 Å². The lowest BCUT2D eigenvalue weighted by Gasteiger charge is -2.35. The average Bonchev–Trinajstić information content (AvgIpc) is 2.41. The topological polar surface area (TPSA) is 38.5 Å². The van der Waals surface area contributed by atoms with Crippen molar-refractivity contribution < 1.29 is 9.13 Å². The molecule has 1 aromatic rings. The van der Waals surface area contributed by atoms with Gasteiger partial charge in [-0.15, -0.1) is 12.4 Å². The number of likely N-dealkylation sites (tertiary alicyclic amines) is 1. The Morgan fingerprint density at radius 1 is 1.40 bits per heavy atom. The standard InChI is InChI=1S/C15H23FN2O.ClH/c1-19-15-6-5-12(10-14(15)16)11-18-9-3-2-4-13(18)7-8-17;/h5-6,10,13H,2-4,7-9,11,17H2,1H3;1H. The maximum Gasteiger partial charge on any atom is 0.165 e. The molecule has 1 unspecified atom stereocenters. The summed E-state index contributed by atoms with van der Waals surface area (Å²) in [6.07, 6.45) is 4.73. The zero-order valence-electron chi connectivity index (χ0n) is 12.0. The van der Waals surface area contributed by atoms with Crippen molar-refractivity contribution in [2.75, 3.05) is 20.2 Å². The normalized spacial score (nSPS) is 19.4. The number of nitrogens with zero attached hydrogens (tertiary/aromatic N) is 1. The van der Waals surface area contributed by atoms with Gasteiger partial charge in [0.15, 0.2) is 11.6 Å². The lowest BCUT2D eigenvalue weighted by molar-refractivity contribution is 0.134. The minimum atomic E-state index is -0.285. The van der Waals surface area contributed by atoms with Crippen LogP contribution in [0.4, 0.5) is 4.39 Å². The van der Waals surface area contributed by atoms with Crippen molar-refractivity contribution >= 4 is 12.4 Å². The molecule has 114 valence electrons. The summed E-state index contributed by atoms with van der Waals surface area (Å²) in [5.74, 6) is 0.0216. The molecule has 1 aromatic carbocycles. The van der Waals surface area contributed by atoms with Crippen LogP contribution in [0, 0.1) is 5.82 Å². The summed E-state index contributed by atoms with van der Waals surface area (Å²) in [5.41, 5.74) is 6.68. The van der Waals surface area contributed by atoms with Gasteiger partial charge in [0.25, 0.3) is 0 Å². The minimum absolute atomic E-state index is 0. The van der Waals surface area contributed by atoms with Crippen molar-refractivity contribution in [3.8, 4) is 5.75 Å². The Balaban J connectivity index is 0.00000200. The zero-order chi connectivity index (χ0) is 13.7. The van der Waals surface area contributed by atoms with E-state index < -0.39 is 0 Å². The van der Waals surface area contributed by atoms with Crippen molar-refractivity contribution in [3.05, 3.63) is 29.6 Å². The molecule has 0 aliphatic carbocycles. The first-order chi connectivity index (χ1) is 9.24. The van der Waals surface area contributed by atoms with Gasteiger partial charge in [0.2, 0.25) is 0 Å². The van der Waals surface area contributed by atoms with Gasteiger partial charge in [-0.25, -0.2) is 4.39 Å². The molecule has 0 saturated carbocycles. The summed E-state index contributed by atoms with van der Waals surface area (Å²) in [6, 6.07) is 5.76. The number of rotatable bonds is 5. The van der Waals surface area contributed by atoms with Gasteiger partial charge >= 0.3 is 0 Å². The van der Waals surface area contributed by atoms with Crippen LogP contribution in [0.15, 0.2) is 18.2 Å². The van der Waals surface area contributed by atoms with Crippen LogP contribution in [0.5, 0.6) is 5.75 Å². The van der Waals surface area contributed by atoms with E-state index in [4.69, 9.17) is 10.5 Å². The molecule has 1 saturated heterocycles. The van der Waals surface area contributed by atoms with Crippen LogP contribution in [-0.2, 0) is 6.54 Å². The van der Waals surface area contributed by atoms with Gasteiger partial charge in [0.05, 0.1) is 7.11 Å². The molecule has 0 radical (unpaired) electrons. The largest absolute Gasteiger partial charge is 0.494 e. The highest BCUT2D eigenvalue weighted by atomic mass is 35.5. The zero-order valence-corrected chi connectivity index (χ0v) is 12.8. The maximum atomic E-state index is 13.7. The molecule has 1 heterocycles. The fraction of sp³-hybridized carbons (Fsp3) is 0.600. The highest BCUT2D eigenvalue weighted by molar-refractivity contribution is 5.85. The number of halogens is 2. The lowest BCUT2D eigenvalue weighted by Crippen LogP contribution is -2.40. The van der Waals surface area contributed by atoms with Crippen molar-refractivity contribution in [2.45, 2.75) is 38.3 Å². The number of hydrogen-bond donors (Lipinski definition) is 1. The van der Waals surface area contributed by atoms with E-state index >= 15 is 0 Å². The lowest BCUT2D eigenvalue weighted by atomic mass is 9.98. The predicted octanol–water partition coefficient (Wildman–Crippen LogP) is 2.96. The predicted molar refractivity (Wildman–Crippen MR) is 81.9 cm³/mol. The second-order valence-corrected chi connectivity index (χ2v) is 5.17. The fourth-order valence-corrected chi connectivity index (χ4v) is 2.83. The number of piperidine rings is 1. The van der Waals surface area contributed by atoms with Gasteiger partial charge in [-0.1, -0.05) is 12.5 Å². The summed E-state index contributed by atoms with van der Waals surface area (Å²) in [5, 5.41) is 0. The summed E-state index contributed by atoms with van der Waals surface area (Å²) in [7, 11) is 1.49. The Kier molecular flexibility index (Phi) is 7.27. The molecule has 1 fully saturated rings. The highest BCUT2D eigenvalue weighted by Gasteiger charge is 2.21. The first kappa shape index (κ1) is 17.2. The van der Waals surface area contributed by atoms with Crippen LogP contribution in [0.25, 0.3) is 0 Å². The van der Waals surface area contributed by atoms with Gasteiger partial charge < -0.3 is 10.5 Å². The van der Waals surface area contributed by atoms with Crippen molar-refractivity contribution in [3.63, 3.8) is 0 Å². The molecule has 5 heteroatoms. The molecule has 2 N–H and O–H groups in total. The van der Waals surface area contributed by atoms with Gasteiger partial charge in [-0.3, -0.25) is 4.90 Å². The summed E-state index contributed by atoms with van der Waals surface area (Å²) < 4.78 is 18.6. The quantitative estimate of drug-likeness (QED) is 0.909. The molecule has 20 heavy (non-hydrogen) atoms. The first-order valence-corrected chi connectivity index (χ1v) is 7.01. The van der Waals surface area contributed by atoms with Crippen molar-refractivity contribution in [2.24, 2.45) is 5.73 Å². The van der Waals surface area contributed by atoms with Crippen LogP contribution in [-0.4, -0.2) is 31.1 Å². The molecule has 1 atom stereocenters. The summed E-state index contributed by atoms with van der Waals surface area (Å²) >= 11 is 0. The molecule has 1 aliphatic rings. The van der Waals surface area contributed by atoms with E-state index in [-0.39, 0.29) is 18.2 Å². The smallest absolute Gasteiger partial charge is 0.165 e. The third kappa shape index (κ3) is 4.33. The van der Waals surface area contributed by atoms with Crippen LogP contribution in [0.3, 0.4) is 0 Å². The molecule has 0 amide bonds. The van der Waals surface area contributed by atoms with Crippen LogP contribution >= 0.6 is 12.4 Å². The van der Waals surface area contributed by atoms with E-state index in [2.05, 4.69) is 4.90 Å². The Labute approximate surface area is 126 Å². The molecule has 0 spiro atoms. The van der Waals surface area contributed by atoms with Crippen LogP contribution in [0.2, 0.25) is 0 Å².